The molecule has 0 radical (unpaired) electrons. The van der Waals surface area contributed by atoms with Gasteiger partial charge in [-0.25, -0.2) is 0 Å². The van der Waals surface area contributed by atoms with Gasteiger partial charge in [-0.15, -0.1) is 0 Å². The maximum atomic E-state index is 5.77. The molecule has 0 aliphatic carbocycles. The number of benzene rings is 2. The van der Waals surface area contributed by atoms with Crippen LogP contribution in [0.15, 0.2) is 54.7 Å². The highest BCUT2D eigenvalue weighted by Gasteiger charge is 2.09. The molecule has 3 nitrogen and oxygen atoms in total. The molecule has 22 heavy (non-hydrogen) atoms. The van der Waals surface area contributed by atoms with Crippen molar-refractivity contribution in [1.82, 2.24) is 4.57 Å². The van der Waals surface area contributed by atoms with Gasteiger partial charge < -0.3 is 15.0 Å². The summed E-state index contributed by atoms with van der Waals surface area (Å²) in [7, 11) is 0. The fourth-order valence-electron chi connectivity index (χ4n) is 2.87. The molecule has 0 saturated carbocycles. The van der Waals surface area contributed by atoms with E-state index in [1.165, 1.54) is 22.0 Å². The first-order valence-corrected chi connectivity index (χ1v) is 7.80. The summed E-state index contributed by atoms with van der Waals surface area (Å²) in [6.07, 6.45) is 3.11. The standard InChI is InChI=1S/C19H22N2O/c1-2-22-17-8-9-19-18(12-17)16(10-11-20)14-21(19)13-15-6-4-3-5-7-15/h3-9,12,14H,2,10-11,13,20H2,1H3. The quantitative estimate of drug-likeness (QED) is 0.754. The van der Waals surface area contributed by atoms with E-state index in [4.69, 9.17) is 10.5 Å². The Bertz CT molecular complexity index is 747. The van der Waals surface area contributed by atoms with Crippen molar-refractivity contribution in [2.75, 3.05) is 13.2 Å². The van der Waals surface area contributed by atoms with Gasteiger partial charge in [0.1, 0.15) is 5.75 Å². The SMILES string of the molecule is CCOc1ccc2c(c1)c(CCN)cn2Cc1ccccc1. The van der Waals surface area contributed by atoms with Crippen molar-refractivity contribution >= 4 is 10.9 Å². The van der Waals surface area contributed by atoms with Crippen LogP contribution in [-0.4, -0.2) is 17.7 Å². The number of ether oxygens (including phenoxy) is 1. The molecule has 2 N–H and O–H groups in total. The molecule has 3 rings (SSSR count). The van der Waals surface area contributed by atoms with Crippen LogP contribution < -0.4 is 10.5 Å². The van der Waals surface area contributed by atoms with Gasteiger partial charge in [0, 0.05) is 23.6 Å². The van der Waals surface area contributed by atoms with Gasteiger partial charge in [0.05, 0.1) is 6.61 Å². The zero-order chi connectivity index (χ0) is 15.4. The zero-order valence-corrected chi connectivity index (χ0v) is 13.0. The van der Waals surface area contributed by atoms with Gasteiger partial charge in [0.15, 0.2) is 0 Å². The fourth-order valence-corrected chi connectivity index (χ4v) is 2.87. The minimum Gasteiger partial charge on any atom is -0.494 e. The summed E-state index contributed by atoms with van der Waals surface area (Å²) in [4.78, 5) is 0. The maximum absolute atomic E-state index is 5.77. The van der Waals surface area contributed by atoms with Crippen LogP contribution in [0, 0.1) is 0 Å². The van der Waals surface area contributed by atoms with Crippen LogP contribution in [0.5, 0.6) is 5.75 Å². The molecule has 0 bridgehead atoms. The molecule has 1 heterocycles. The molecule has 114 valence electrons. The summed E-state index contributed by atoms with van der Waals surface area (Å²) < 4.78 is 7.93. The average Bonchev–Trinajstić information content (AvgIpc) is 2.87. The minimum absolute atomic E-state index is 0.656. The summed E-state index contributed by atoms with van der Waals surface area (Å²) in [6, 6.07) is 16.8. The number of nitrogens with zero attached hydrogens (tertiary/aromatic N) is 1. The number of hydrogen-bond donors (Lipinski definition) is 1. The van der Waals surface area contributed by atoms with E-state index in [0.717, 1.165) is 18.7 Å². The Morgan fingerprint density at radius 3 is 2.64 bits per heavy atom. The van der Waals surface area contributed by atoms with Crippen molar-refractivity contribution in [2.45, 2.75) is 19.9 Å². The van der Waals surface area contributed by atoms with Crippen molar-refractivity contribution in [3.05, 3.63) is 65.9 Å². The second-order valence-corrected chi connectivity index (χ2v) is 5.42. The first-order valence-electron chi connectivity index (χ1n) is 7.80. The molecule has 0 spiro atoms. The Morgan fingerprint density at radius 2 is 1.91 bits per heavy atom. The molecule has 0 aliphatic heterocycles. The van der Waals surface area contributed by atoms with Crippen LogP contribution in [0.3, 0.4) is 0 Å². The van der Waals surface area contributed by atoms with Crippen LogP contribution in [0.2, 0.25) is 0 Å². The van der Waals surface area contributed by atoms with Crippen LogP contribution in [-0.2, 0) is 13.0 Å². The maximum Gasteiger partial charge on any atom is 0.120 e. The van der Waals surface area contributed by atoms with Crippen molar-refractivity contribution < 1.29 is 4.74 Å². The number of rotatable bonds is 6. The van der Waals surface area contributed by atoms with E-state index in [-0.39, 0.29) is 0 Å². The van der Waals surface area contributed by atoms with E-state index >= 15 is 0 Å². The molecule has 0 unspecified atom stereocenters. The Kier molecular flexibility index (Phi) is 4.45. The summed E-state index contributed by atoms with van der Waals surface area (Å²) in [5, 5.41) is 1.24. The van der Waals surface area contributed by atoms with Crippen molar-refractivity contribution in [2.24, 2.45) is 5.73 Å². The van der Waals surface area contributed by atoms with Gasteiger partial charge >= 0.3 is 0 Å². The second-order valence-electron chi connectivity index (χ2n) is 5.42. The van der Waals surface area contributed by atoms with Crippen LogP contribution in [0.4, 0.5) is 0 Å². The molecule has 0 aliphatic rings. The highest BCUT2D eigenvalue weighted by Crippen LogP contribution is 2.27. The first-order chi connectivity index (χ1) is 10.8. The Balaban J connectivity index is 2.02. The Morgan fingerprint density at radius 1 is 1.09 bits per heavy atom. The zero-order valence-electron chi connectivity index (χ0n) is 13.0. The Hall–Kier alpha value is -2.26. The topological polar surface area (TPSA) is 40.2 Å². The van der Waals surface area contributed by atoms with Crippen LogP contribution >= 0.6 is 0 Å². The third kappa shape index (κ3) is 3.00. The van der Waals surface area contributed by atoms with Gasteiger partial charge in [-0.3, -0.25) is 0 Å². The first kappa shape index (κ1) is 14.7. The lowest BCUT2D eigenvalue weighted by atomic mass is 10.1. The molecule has 0 atom stereocenters. The van der Waals surface area contributed by atoms with Gasteiger partial charge in [-0.1, -0.05) is 30.3 Å². The highest BCUT2D eigenvalue weighted by molar-refractivity contribution is 5.85. The van der Waals surface area contributed by atoms with Crippen molar-refractivity contribution in [3.63, 3.8) is 0 Å². The summed E-state index contributed by atoms with van der Waals surface area (Å²) in [5.74, 6) is 0.922. The van der Waals surface area contributed by atoms with Gasteiger partial charge in [0.2, 0.25) is 0 Å². The smallest absolute Gasteiger partial charge is 0.120 e. The van der Waals surface area contributed by atoms with E-state index in [0.29, 0.717) is 13.2 Å². The van der Waals surface area contributed by atoms with Crippen LogP contribution in [0.1, 0.15) is 18.1 Å². The number of hydrogen-bond acceptors (Lipinski definition) is 2. The largest absolute Gasteiger partial charge is 0.494 e. The van der Waals surface area contributed by atoms with E-state index in [9.17, 15) is 0 Å². The predicted molar refractivity (Wildman–Crippen MR) is 91.4 cm³/mol. The molecule has 2 aromatic carbocycles. The summed E-state index contributed by atoms with van der Waals surface area (Å²) in [6.45, 7) is 4.22. The minimum atomic E-state index is 0.656. The predicted octanol–water partition coefficient (Wildman–Crippen LogP) is 3.59. The number of nitrogens with two attached hydrogens (primary N) is 1. The highest BCUT2D eigenvalue weighted by atomic mass is 16.5. The Labute approximate surface area is 131 Å². The molecule has 3 heteroatoms. The third-order valence-electron chi connectivity index (χ3n) is 3.86. The molecular weight excluding hydrogens is 272 g/mol. The van der Waals surface area contributed by atoms with Crippen molar-refractivity contribution in [1.29, 1.82) is 0 Å². The monoisotopic (exact) mass is 294 g/mol. The van der Waals surface area contributed by atoms with Gasteiger partial charge in [-0.05, 0) is 49.2 Å². The second kappa shape index (κ2) is 6.67. The molecular formula is C19H22N2O. The average molecular weight is 294 g/mol. The van der Waals surface area contributed by atoms with E-state index in [2.05, 4.69) is 47.2 Å². The third-order valence-corrected chi connectivity index (χ3v) is 3.86. The van der Waals surface area contributed by atoms with E-state index in [1.54, 1.807) is 0 Å². The molecule has 0 fully saturated rings. The lowest BCUT2D eigenvalue weighted by Gasteiger charge is -2.07. The van der Waals surface area contributed by atoms with Gasteiger partial charge in [-0.2, -0.15) is 0 Å². The number of fused-ring (bicyclic) bond motifs is 1. The number of aromatic nitrogens is 1. The van der Waals surface area contributed by atoms with E-state index in [1.807, 2.05) is 19.1 Å². The molecule has 1 aromatic heterocycles. The lowest BCUT2D eigenvalue weighted by molar-refractivity contribution is 0.340. The summed E-state index contributed by atoms with van der Waals surface area (Å²) >= 11 is 0. The van der Waals surface area contributed by atoms with Gasteiger partial charge in [0.25, 0.3) is 0 Å². The lowest BCUT2D eigenvalue weighted by Crippen LogP contribution is -2.02. The van der Waals surface area contributed by atoms with Crippen molar-refractivity contribution in [3.8, 4) is 5.75 Å². The normalized spacial score (nSPS) is 11.0. The summed E-state index contributed by atoms with van der Waals surface area (Å²) in [5.41, 5.74) is 9.59. The van der Waals surface area contributed by atoms with Crippen LogP contribution in [0.25, 0.3) is 10.9 Å². The fraction of sp³-hybridized carbons (Fsp3) is 0.263. The van der Waals surface area contributed by atoms with E-state index < -0.39 is 0 Å². The molecule has 3 aromatic rings. The molecule has 0 amide bonds. The molecule has 0 saturated heterocycles.